The van der Waals surface area contributed by atoms with Crippen LogP contribution in [0, 0.1) is 13.8 Å². The minimum atomic E-state index is -0.500. The molecule has 0 spiro atoms. The summed E-state index contributed by atoms with van der Waals surface area (Å²) in [5.74, 6) is 0.670. The van der Waals surface area contributed by atoms with Gasteiger partial charge in [-0.25, -0.2) is 0 Å². The van der Waals surface area contributed by atoms with Gasteiger partial charge in [0, 0.05) is 0 Å². The van der Waals surface area contributed by atoms with Crippen LogP contribution in [0.1, 0.15) is 75.8 Å². The van der Waals surface area contributed by atoms with Crippen LogP contribution in [-0.2, 0) is 10.2 Å². The van der Waals surface area contributed by atoms with E-state index in [-0.39, 0.29) is 17.4 Å². The third kappa shape index (κ3) is 5.60. The number of ether oxygens (including phenoxy) is 1. The Kier molecular flexibility index (Phi) is 7.29. The highest BCUT2D eigenvalue weighted by molar-refractivity contribution is 5.81. The second-order valence-corrected chi connectivity index (χ2v) is 8.62. The molecule has 0 saturated carbocycles. The molecule has 0 heterocycles. The SMILES string of the molecule is CCC(Oc1ccc(C(C)(C)C)cc1)C(=O)NC(CC)c1ccc(C)cc1C. The van der Waals surface area contributed by atoms with E-state index in [1.54, 1.807) is 0 Å². The van der Waals surface area contributed by atoms with Crippen LogP contribution in [0.2, 0.25) is 0 Å². The van der Waals surface area contributed by atoms with Gasteiger partial charge < -0.3 is 10.1 Å². The van der Waals surface area contributed by atoms with Gasteiger partial charge in [-0.15, -0.1) is 0 Å². The van der Waals surface area contributed by atoms with Crippen LogP contribution < -0.4 is 10.1 Å². The molecule has 1 amide bonds. The van der Waals surface area contributed by atoms with Crippen molar-refractivity contribution < 1.29 is 9.53 Å². The molecule has 3 nitrogen and oxygen atoms in total. The van der Waals surface area contributed by atoms with Gasteiger partial charge in [0.25, 0.3) is 5.91 Å². The van der Waals surface area contributed by atoms with Crippen LogP contribution in [0.3, 0.4) is 0 Å². The maximum atomic E-state index is 12.9. The van der Waals surface area contributed by atoms with Crippen molar-refractivity contribution in [3.8, 4) is 5.75 Å². The summed E-state index contributed by atoms with van der Waals surface area (Å²) < 4.78 is 6.01. The molecule has 1 N–H and O–H groups in total. The molecule has 0 saturated heterocycles. The zero-order valence-electron chi connectivity index (χ0n) is 18.4. The number of nitrogens with one attached hydrogen (secondary N) is 1. The largest absolute Gasteiger partial charge is 0.481 e. The smallest absolute Gasteiger partial charge is 0.261 e. The molecule has 0 fully saturated rings. The molecule has 2 rings (SSSR count). The lowest BCUT2D eigenvalue weighted by molar-refractivity contribution is -0.128. The average molecular weight is 382 g/mol. The van der Waals surface area contributed by atoms with Gasteiger partial charge in [-0.05, 0) is 60.9 Å². The number of carbonyl (C=O) groups is 1. The van der Waals surface area contributed by atoms with E-state index in [1.807, 2.05) is 19.1 Å². The van der Waals surface area contributed by atoms with Crippen LogP contribution in [0.15, 0.2) is 42.5 Å². The van der Waals surface area contributed by atoms with Crippen LogP contribution in [0.5, 0.6) is 5.75 Å². The molecule has 0 aliphatic heterocycles. The molecule has 0 aliphatic carbocycles. The summed E-state index contributed by atoms with van der Waals surface area (Å²) in [6.07, 6.45) is 0.961. The molecule has 28 heavy (non-hydrogen) atoms. The molecule has 2 aromatic carbocycles. The van der Waals surface area contributed by atoms with Gasteiger partial charge in [0.15, 0.2) is 6.10 Å². The van der Waals surface area contributed by atoms with E-state index in [1.165, 1.54) is 22.3 Å². The second-order valence-electron chi connectivity index (χ2n) is 8.62. The highest BCUT2D eigenvalue weighted by atomic mass is 16.5. The van der Waals surface area contributed by atoms with E-state index in [4.69, 9.17) is 4.74 Å². The van der Waals surface area contributed by atoms with Gasteiger partial charge in [0.05, 0.1) is 6.04 Å². The minimum absolute atomic E-state index is 0.00554. The molecular formula is C25H35NO2. The Morgan fingerprint density at radius 1 is 1.00 bits per heavy atom. The van der Waals surface area contributed by atoms with Gasteiger partial charge in [-0.3, -0.25) is 4.79 Å². The number of aryl methyl sites for hydroxylation is 2. The van der Waals surface area contributed by atoms with E-state index in [0.717, 1.165) is 12.2 Å². The fourth-order valence-corrected chi connectivity index (χ4v) is 3.40. The Morgan fingerprint density at radius 3 is 2.14 bits per heavy atom. The van der Waals surface area contributed by atoms with Crippen LogP contribution in [0.25, 0.3) is 0 Å². The topological polar surface area (TPSA) is 38.3 Å². The van der Waals surface area contributed by atoms with Crippen molar-refractivity contribution in [1.82, 2.24) is 5.32 Å². The van der Waals surface area contributed by atoms with Gasteiger partial charge in [0.2, 0.25) is 0 Å². The lowest BCUT2D eigenvalue weighted by Crippen LogP contribution is -2.40. The molecule has 0 aliphatic rings. The predicted octanol–water partition coefficient (Wildman–Crippen LogP) is 6.03. The summed E-state index contributed by atoms with van der Waals surface area (Å²) in [5.41, 5.74) is 4.96. The van der Waals surface area contributed by atoms with Crippen LogP contribution >= 0.6 is 0 Å². The average Bonchev–Trinajstić information content (AvgIpc) is 2.64. The maximum Gasteiger partial charge on any atom is 0.261 e. The molecule has 0 bridgehead atoms. The van der Waals surface area contributed by atoms with E-state index >= 15 is 0 Å². The summed E-state index contributed by atoms with van der Waals surface area (Å²) in [4.78, 5) is 12.9. The van der Waals surface area contributed by atoms with Crippen LogP contribution in [0.4, 0.5) is 0 Å². The van der Waals surface area contributed by atoms with Crippen LogP contribution in [-0.4, -0.2) is 12.0 Å². The quantitative estimate of drug-likeness (QED) is 0.636. The maximum absolute atomic E-state index is 12.9. The number of amides is 1. The van der Waals surface area contributed by atoms with Crippen molar-refractivity contribution in [2.75, 3.05) is 0 Å². The number of rotatable bonds is 7. The zero-order chi connectivity index (χ0) is 20.9. The number of hydrogen-bond acceptors (Lipinski definition) is 2. The Hall–Kier alpha value is -2.29. The highest BCUT2D eigenvalue weighted by Crippen LogP contribution is 2.26. The van der Waals surface area contributed by atoms with E-state index in [0.29, 0.717) is 6.42 Å². The predicted molar refractivity (Wildman–Crippen MR) is 117 cm³/mol. The molecular weight excluding hydrogens is 346 g/mol. The number of hydrogen-bond donors (Lipinski definition) is 1. The van der Waals surface area contributed by atoms with Crippen molar-refractivity contribution in [2.45, 2.75) is 78.9 Å². The van der Waals surface area contributed by atoms with E-state index in [9.17, 15) is 4.79 Å². The first-order valence-electron chi connectivity index (χ1n) is 10.3. The number of carbonyl (C=O) groups excluding carboxylic acids is 1. The summed E-state index contributed by atoms with van der Waals surface area (Å²) >= 11 is 0. The van der Waals surface area contributed by atoms with Crippen molar-refractivity contribution in [1.29, 1.82) is 0 Å². The number of benzene rings is 2. The van der Waals surface area contributed by atoms with Gasteiger partial charge >= 0.3 is 0 Å². The molecule has 3 heteroatoms. The lowest BCUT2D eigenvalue weighted by Gasteiger charge is -2.24. The molecule has 0 aromatic heterocycles. The van der Waals surface area contributed by atoms with Crippen molar-refractivity contribution in [3.63, 3.8) is 0 Å². The fourth-order valence-electron chi connectivity index (χ4n) is 3.40. The summed E-state index contributed by atoms with van der Waals surface area (Å²) in [7, 11) is 0. The minimum Gasteiger partial charge on any atom is -0.481 e. The second kappa shape index (κ2) is 9.27. The zero-order valence-corrected chi connectivity index (χ0v) is 18.4. The van der Waals surface area contributed by atoms with Crippen molar-refractivity contribution >= 4 is 5.91 Å². The summed E-state index contributed by atoms with van der Waals surface area (Å²) in [6, 6.07) is 14.4. The Morgan fingerprint density at radius 2 is 1.64 bits per heavy atom. The lowest BCUT2D eigenvalue weighted by atomic mass is 9.87. The summed E-state index contributed by atoms with van der Waals surface area (Å²) in [5, 5.41) is 3.19. The molecule has 2 atom stereocenters. The first kappa shape index (κ1) is 22.0. The van der Waals surface area contributed by atoms with Crippen molar-refractivity contribution in [2.24, 2.45) is 0 Å². The Bertz CT molecular complexity index is 787. The van der Waals surface area contributed by atoms with Crippen molar-refractivity contribution in [3.05, 3.63) is 64.7 Å². The first-order chi connectivity index (χ1) is 13.2. The fraction of sp³-hybridized carbons (Fsp3) is 0.480. The summed E-state index contributed by atoms with van der Waals surface area (Å²) in [6.45, 7) is 14.8. The van der Waals surface area contributed by atoms with Gasteiger partial charge in [-0.2, -0.15) is 0 Å². The molecule has 2 aromatic rings. The first-order valence-corrected chi connectivity index (χ1v) is 10.3. The molecule has 152 valence electrons. The third-order valence-electron chi connectivity index (χ3n) is 5.19. The van der Waals surface area contributed by atoms with Gasteiger partial charge in [-0.1, -0.05) is 70.5 Å². The normalized spacial score (nSPS) is 13.7. The molecule has 2 unspecified atom stereocenters. The molecule has 0 radical (unpaired) electrons. The highest BCUT2D eigenvalue weighted by Gasteiger charge is 2.23. The van der Waals surface area contributed by atoms with E-state index in [2.05, 4.69) is 77.2 Å². The van der Waals surface area contributed by atoms with Gasteiger partial charge in [0.1, 0.15) is 5.75 Å². The Labute approximate surface area is 170 Å². The third-order valence-corrected chi connectivity index (χ3v) is 5.19. The Balaban J connectivity index is 2.09. The van der Waals surface area contributed by atoms with E-state index < -0.39 is 6.10 Å². The standard InChI is InChI=1S/C25H35NO2/c1-8-22(21-15-10-17(3)16-18(21)4)26-24(27)23(9-2)28-20-13-11-19(12-14-20)25(5,6)7/h10-16,22-23H,8-9H2,1-7H3,(H,26,27). The monoisotopic (exact) mass is 381 g/mol.